The highest BCUT2D eigenvalue weighted by atomic mass is 16.1. The summed E-state index contributed by atoms with van der Waals surface area (Å²) in [6.07, 6.45) is 5.09. The van der Waals surface area contributed by atoms with Gasteiger partial charge in [0, 0.05) is 48.6 Å². The molecule has 0 saturated heterocycles. The maximum absolute atomic E-state index is 13.1. The minimum atomic E-state index is -0.0368. The molecule has 3 aromatic heterocycles. The third-order valence-electron chi connectivity index (χ3n) is 6.93. The molecule has 7 nitrogen and oxygen atoms in total. The van der Waals surface area contributed by atoms with Gasteiger partial charge in [-0.1, -0.05) is 50.2 Å². The van der Waals surface area contributed by atoms with Crippen LogP contribution in [0.25, 0.3) is 22.6 Å². The first-order valence-corrected chi connectivity index (χ1v) is 12.1. The fourth-order valence-corrected chi connectivity index (χ4v) is 5.43. The van der Waals surface area contributed by atoms with E-state index in [1.807, 2.05) is 22.8 Å². The van der Waals surface area contributed by atoms with E-state index in [0.29, 0.717) is 23.9 Å². The number of hydrogen-bond acceptors (Lipinski definition) is 6. The van der Waals surface area contributed by atoms with Crippen molar-refractivity contribution in [2.75, 3.05) is 18.0 Å². The number of anilines is 1. The number of pyridine rings is 1. The van der Waals surface area contributed by atoms with E-state index in [4.69, 9.17) is 9.97 Å². The predicted molar refractivity (Wildman–Crippen MR) is 136 cm³/mol. The summed E-state index contributed by atoms with van der Waals surface area (Å²) in [4.78, 5) is 33.6. The summed E-state index contributed by atoms with van der Waals surface area (Å²) >= 11 is 0. The summed E-state index contributed by atoms with van der Waals surface area (Å²) < 4.78 is 1.82. The van der Waals surface area contributed by atoms with Crippen LogP contribution in [0.15, 0.2) is 71.9 Å². The van der Waals surface area contributed by atoms with Gasteiger partial charge < -0.3 is 4.90 Å². The molecule has 4 aromatic rings. The standard InChI is InChI=1S/C28H28N6O/c1-28(2)16-33(27-32-25(14-26(35)34(27)17-28)23-10-11-29-18-30-23)15-19-12-21-8-9-22(31-24(21)13-19)20-6-4-3-5-7-20/h3-11,14,18-19H,12-13,15-17H2,1-2H3. The first-order valence-electron chi connectivity index (χ1n) is 12.1. The molecule has 0 spiro atoms. The lowest BCUT2D eigenvalue weighted by Crippen LogP contribution is -2.49. The Labute approximate surface area is 204 Å². The van der Waals surface area contributed by atoms with Gasteiger partial charge in [0.25, 0.3) is 5.56 Å². The monoisotopic (exact) mass is 464 g/mol. The van der Waals surface area contributed by atoms with Crippen LogP contribution in [0.4, 0.5) is 5.95 Å². The Morgan fingerprint density at radius 3 is 2.60 bits per heavy atom. The highest BCUT2D eigenvalue weighted by molar-refractivity contribution is 5.60. The first-order chi connectivity index (χ1) is 16.9. The SMILES string of the molecule is CC1(C)CN(CC2Cc3ccc(-c4ccccc4)nc3C2)c2nc(-c3ccncn3)cc(=O)n2C1. The zero-order valence-electron chi connectivity index (χ0n) is 20.1. The van der Waals surface area contributed by atoms with Crippen LogP contribution in [0, 0.1) is 11.3 Å². The third kappa shape index (κ3) is 4.22. The molecule has 1 aliphatic carbocycles. The third-order valence-corrected chi connectivity index (χ3v) is 6.93. The van der Waals surface area contributed by atoms with Gasteiger partial charge >= 0.3 is 0 Å². The lowest BCUT2D eigenvalue weighted by molar-refractivity contribution is 0.268. The zero-order chi connectivity index (χ0) is 24.0. The molecule has 35 heavy (non-hydrogen) atoms. The van der Waals surface area contributed by atoms with Gasteiger partial charge in [0.1, 0.15) is 6.33 Å². The van der Waals surface area contributed by atoms with Crippen molar-refractivity contribution in [2.45, 2.75) is 33.2 Å². The fourth-order valence-electron chi connectivity index (χ4n) is 5.43. The van der Waals surface area contributed by atoms with Crippen LogP contribution in [0.2, 0.25) is 0 Å². The van der Waals surface area contributed by atoms with Gasteiger partial charge in [0.15, 0.2) is 0 Å². The van der Waals surface area contributed by atoms with Crippen LogP contribution >= 0.6 is 0 Å². The predicted octanol–water partition coefficient (Wildman–Crippen LogP) is 4.02. The lowest BCUT2D eigenvalue weighted by atomic mass is 9.90. The van der Waals surface area contributed by atoms with Crippen molar-refractivity contribution in [1.82, 2.24) is 24.5 Å². The van der Waals surface area contributed by atoms with Gasteiger partial charge in [-0.2, -0.15) is 0 Å². The Morgan fingerprint density at radius 1 is 0.943 bits per heavy atom. The van der Waals surface area contributed by atoms with Gasteiger partial charge in [-0.3, -0.25) is 14.3 Å². The Morgan fingerprint density at radius 2 is 1.80 bits per heavy atom. The molecular formula is C28H28N6O. The van der Waals surface area contributed by atoms with Gasteiger partial charge in [-0.15, -0.1) is 0 Å². The molecule has 1 unspecified atom stereocenters. The van der Waals surface area contributed by atoms with Crippen molar-refractivity contribution >= 4 is 5.95 Å². The van der Waals surface area contributed by atoms with E-state index in [1.165, 1.54) is 17.6 Å². The average Bonchev–Trinajstić information content (AvgIpc) is 3.27. The van der Waals surface area contributed by atoms with Crippen molar-refractivity contribution in [1.29, 1.82) is 0 Å². The largest absolute Gasteiger partial charge is 0.341 e. The van der Waals surface area contributed by atoms with Gasteiger partial charge in [-0.05, 0) is 36.5 Å². The number of benzene rings is 1. The summed E-state index contributed by atoms with van der Waals surface area (Å²) in [6, 6.07) is 18.1. The van der Waals surface area contributed by atoms with Gasteiger partial charge in [0.05, 0.1) is 17.1 Å². The van der Waals surface area contributed by atoms with E-state index in [0.717, 1.165) is 43.1 Å². The van der Waals surface area contributed by atoms with E-state index in [-0.39, 0.29) is 11.0 Å². The molecule has 0 fully saturated rings. The Kier molecular flexibility index (Phi) is 5.20. The molecule has 1 aromatic carbocycles. The molecule has 0 saturated carbocycles. The van der Waals surface area contributed by atoms with Crippen LogP contribution in [0.1, 0.15) is 25.1 Å². The molecule has 1 atom stereocenters. The molecule has 6 rings (SSSR count). The fraction of sp³-hybridized carbons (Fsp3) is 0.321. The highest BCUT2D eigenvalue weighted by Crippen LogP contribution is 2.34. The van der Waals surface area contributed by atoms with Crippen molar-refractivity contribution in [3.8, 4) is 22.6 Å². The van der Waals surface area contributed by atoms with Gasteiger partial charge in [0.2, 0.25) is 5.95 Å². The van der Waals surface area contributed by atoms with Crippen LogP contribution in [0.3, 0.4) is 0 Å². The highest BCUT2D eigenvalue weighted by Gasteiger charge is 2.35. The van der Waals surface area contributed by atoms with E-state index < -0.39 is 0 Å². The summed E-state index contributed by atoms with van der Waals surface area (Å²) in [5, 5.41) is 0. The quantitative estimate of drug-likeness (QED) is 0.454. The number of rotatable bonds is 4. The maximum Gasteiger partial charge on any atom is 0.255 e. The molecule has 0 N–H and O–H groups in total. The molecule has 0 radical (unpaired) electrons. The van der Waals surface area contributed by atoms with E-state index >= 15 is 0 Å². The van der Waals surface area contributed by atoms with Gasteiger partial charge in [-0.25, -0.2) is 15.0 Å². The van der Waals surface area contributed by atoms with E-state index in [1.54, 1.807) is 18.3 Å². The van der Waals surface area contributed by atoms with E-state index in [9.17, 15) is 4.79 Å². The van der Waals surface area contributed by atoms with Crippen LogP contribution in [-0.4, -0.2) is 37.6 Å². The minimum absolute atomic E-state index is 0.0286. The minimum Gasteiger partial charge on any atom is -0.341 e. The second-order valence-corrected chi connectivity index (χ2v) is 10.4. The molecule has 0 amide bonds. The van der Waals surface area contributed by atoms with Crippen molar-refractivity contribution in [2.24, 2.45) is 11.3 Å². The molecule has 1 aliphatic heterocycles. The molecule has 2 aliphatic rings. The lowest BCUT2D eigenvalue weighted by Gasteiger charge is -2.41. The van der Waals surface area contributed by atoms with Crippen LogP contribution in [0.5, 0.6) is 0 Å². The van der Waals surface area contributed by atoms with Crippen LogP contribution < -0.4 is 10.5 Å². The Hall–Kier alpha value is -3.87. The topological polar surface area (TPSA) is 76.8 Å². The van der Waals surface area contributed by atoms with Crippen molar-refractivity contribution in [3.63, 3.8) is 0 Å². The maximum atomic E-state index is 13.1. The summed E-state index contributed by atoms with van der Waals surface area (Å²) in [5.41, 5.74) is 5.87. The van der Waals surface area contributed by atoms with Crippen molar-refractivity contribution in [3.05, 3.63) is 88.7 Å². The average molecular weight is 465 g/mol. The molecule has 4 heterocycles. The number of aromatic nitrogens is 5. The van der Waals surface area contributed by atoms with E-state index in [2.05, 4.69) is 53.0 Å². The summed E-state index contributed by atoms with van der Waals surface area (Å²) in [5.74, 6) is 1.16. The van der Waals surface area contributed by atoms with Crippen molar-refractivity contribution < 1.29 is 0 Å². The summed E-state index contributed by atoms with van der Waals surface area (Å²) in [7, 11) is 0. The molecule has 176 valence electrons. The zero-order valence-corrected chi connectivity index (χ0v) is 20.1. The second kappa shape index (κ2) is 8.41. The number of nitrogens with zero attached hydrogens (tertiary/aromatic N) is 6. The normalized spacial score (nSPS) is 18.2. The Balaban J connectivity index is 1.29. The molecule has 0 bridgehead atoms. The first kappa shape index (κ1) is 21.6. The number of hydrogen-bond donors (Lipinski definition) is 0. The van der Waals surface area contributed by atoms with Crippen LogP contribution in [-0.2, 0) is 19.4 Å². The Bertz CT molecular complexity index is 1430. The molecular weight excluding hydrogens is 436 g/mol. The number of fused-ring (bicyclic) bond motifs is 2. The smallest absolute Gasteiger partial charge is 0.255 e. The second-order valence-electron chi connectivity index (χ2n) is 10.4. The summed E-state index contributed by atoms with van der Waals surface area (Å²) in [6.45, 7) is 6.76. The molecule has 7 heteroatoms.